The van der Waals surface area contributed by atoms with Crippen LogP contribution in [0.25, 0.3) is 0 Å². The molecule has 1 atom stereocenters. The van der Waals surface area contributed by atoms with Gasteiger partial charge in [-0.15, -0.1) is 0 Å². The van der Waals surface area contributed by atoms with Gasteiger partial charge in [0.15, 0.2) is 0 Å². The predicted molar refractivity (Wildman–Crippen MR) is 71.5 cm³/mol. The molecule has 0 aliphatic carbocycles. The summed E-state index contributed by atoms with van der Waals surface area (Å²) in [6.45, 7) is 2.58. The summed E-state index contributed by atoms with van der Waals surface area (Å²) in [5.74, 6) is 0.554. The van der Waals surface area contributed by atoms with Crippen molar-refractivity contribution < 1.29 is 9.53 Å². The minimum absolute atomic E-state index is 0.113. The Morgan fingerprint density at radius 2 is 2.24 bits per heavy atom. The van der Waals surface area contributed by atoms with E-state index in [1.54, 1.807) is 25.3 Å². The summed E-state index contributed by atoms with van der Waals surface area (Å²) in [6, 6.07) is 5.55. The lowest BCUT2D eigenvalue weighted by molar-refractivity contribution is 0.0949. The normalized spacial score (nSPS) is 12.0. The Hall–Kier alpha value is -1.07. The highest BCUT2D eigenvalue weighted by Gasteiger charge is 2.11. The summed E-state index contributed by atoms with van der Waals surface area (Å²) in [6.07, 6.45) is 0. The molecule has 17 heavy (non-hydrogen) atoms. The van der Waals surface area contributed by atoms with Crippen molar-refractivity contribution in [1.29, 1.82) is 0 Å². The van der Waals surface area contributed by atoms with E-state index in [2.05, 4.69) is 26.6 Å². The van der Waals surface area contributed by atoms with Gasteiger partial charge in [-0.2, -0.15) is 0 Å². The van der Waals surface area contributed by atoms with E-state index in [-0.39, 0.29) is 11.9 Å². The lowest BCUT2D eigenvalue weighted by atomic mass is 10.2. The lowest BCUT2D eigenvalue weighted by Crippen LogP contribution is -2.37. The molecule has 0 bridgehead atoms. The van der Waals surface area contributed by atoms with Gasteiger partial charge < -0.3 is 15.4 Å². The highest BCUT2D eigenvalue weighted by Crippen LogP contribution is 2.22. The zero-order valence-corrected chi connectivity index (χ0v) is 11.8. The number of ether oxygens (including phenoxy) is 1. The van der Waals surface area contributed by atoms with Gasteiger partial charge in [0.05, 0.1) is 12.7 Å². The lowest BCUT2D eigenvalue weighted by Gasteiger charge is -2.12. The maximum atomic E-state index is 11.9. The molecular formula is C12H17BrN2O2. The average molecular weight is 301 g/mol. The van der Waals surface area contributed by atoms with Crippen LogP contribution in [0.5, 0.6) is 5.75 Å². The van der Waals surface area contributed by atoms with Gasteiger partial charge in [-0.05, 0) is 48.1 Å². The van der Waals surface area contributed by atoms with Crippen LogP contribution >= 0.6 is 15.9 Å². The number of nitrogens with one attached hydrogen (secondary N) is 2. The summed E-state index contributed by atoms with van der Waals surface area (Å²) < 4.78 is 5.85. The number of carbonyl (C=O) groups is 1. The maximum absolute atomic E-state index is 11.9. The van der Waals surface area contributed by atoms with Crippen molar-refractivity contribution in [3.05, 3.63) is 28.2 Å². The number of likely N-dealkylation sites (N-methyl/N-ethyl adjacent to an activating group) is 1. The molecule has 1 rings (SSSR count). The number of hydrogen-bond acceptors (Lipinski definition) is 3. The molecule has 1 unspecified atom stereocenters. The molecule has 0 fully saturated rings. The van der Waals surface area contributed by atoms with Gasteiger partial charge in [0.25, 0.3) is 5.91 Å². The van der Waals surface area contributed by atoms with E-state index in [4.69, 9.17) is 4.74 Å². The van der Waals surface area contributed by atoms with Crippen LogP contribution in [0.2, 0.25) is 0 Å². The number of halogens is 1. The van der Waals surface area contributed by atoms with Crippen molar-refractivity contribution in [3.63, 3.8) is 0 Å². The van der Waals surface area contributed by atoms with Gasteiger partial charge >= 0.3 is 0 Å². The molecule has 4 nitrogen and oxygen atoms in total. The van der Waals surface area contributed by atoms with E-state index >= 15 is 0 Å². The topological polar surface area (TPSA) is 50.4 Å². The third-order valence-corrected chi connectivity index (χ3v) is 3.17. The van der Waals surface area contributed by atoms with Crippen LogP contribution in [0.4, 0.5) is 0 Å². The number of carbonyl (C=O) groups excluding carboxylic acids is 1. The summed E-state index contributed by atoms with van der Waals surface area (Å²) in [5.41, 5.74) is 0.577. The molecule has 0 saturated carbocycles. The fourth-order valence-corrected chi connectivity index (χ4v) is 1.68. The Labute approximate surface area is 110 Å². The molecule has 94 valence electrons. The van der Waals surface area contributed by atoms with Crippen molar-refractivity contribution in [2.45, 2.75) is 13.0 Å². The first kappa shape index (κ1) is 14.0. The number of rotatable bonds is 5. The summed E-state index contributed by atoms with van der Waals surface area (Å²) in [7, 11) is 3.44. The van der Waals surface area contributed by atoms with E-state index in [0.717, 1.165) is 4.47 Å². The van der Waals surface area contributed by atoms with Crippen molar-refractivity contribution >= 4 is 21.8 Å². The molecule has 1 aromatic rings. The minimum Gasteiger partial charge on any atom is -0.497 e. The molecule has 0 aromatic heterocycles. The molecule has 0 radical (unpaired) electrons. The fourth-order valence-electron chi connectivity index (χ4n) is 1.25. The van der Waals surface area contributed by atoms with Gasteiger partial charge in [-0.1, -0.05) is 0 Å². The van der Waals surface area contributed by atoms with E-state index in [9.17, 15) is 4.79 Å². The van der Waals surface area contributed by atoms with E-state index < -0.39 is 0 Å². The first-order chi connectivity index (χ1) is 8.08. The third-order valence-electron chi connectivity index (χ3n) is 2.48. The Kier molecular flexibility index (Phi) is 5.44. The van der Waals surface area contributed by atoms with Crippen molar-refractivity contribution in [3.8, 4) is 5.75 Å². The second-order valence-electron chi connectivity index (χ2n) is 3.75. The SMILES string of the molecule is CNC(C)CNC(=O)c1cc(OC)ccc1Br. The summed E-state index contributed by atoms with van der Waals surface area (Å²) in [4.78, 5) is 11.9. The van der Waals surface area contributed by atoms with Crippen LogP contribution < -0.4 is 15.4 Å². The Balaban J connectivity index is 2.74. The quantitative estimate of drug-likeness (QED) is 0.872. The standard InChI is InChI=1S/C12H17BrN2O2/c1-8(14-2)7-15-12(16)10-6-9(17-3)4-5-11(10)13/h4-6,8,14H,7H2,1-3H3,(H,15,16). The Bertz CT molecular complexity index is 396. The van der Waals surface area contributed by atoms with Gasteiger partial charge in [0.1, 0.15) is 5.75 Å². The molecule has 0 aliphatic rings. The Morgan fingerprint density at radius 3 is 2.82 bits per heavy atom. The monoisotopic (exact) mass is 300 g/mol. The van der Waals surface area contributed by atoms with Crippen LogP contribution in [0, 0.1) is 0 Å². The fraction of sp³-hybridized carbons (Fsp3) is 0.417. The second kappa shape index (κ2) is 6.61. The van der Waals surface area contributed by atoms with Gasteiger partial charge in [-0.3, -0.25) is 4.79 Å². The summed E-state index contributed by atoms with van der Waals surface area (Å²) >= 11 is 3.35. The molecule has 0 saturated heterocycles. The highest BCUT2D eigenvalue weighted by molar-refractivity contribution is 9.10. The van der Waals surface area contributed by atoms with Gasteiger partial charge in [0.2, 0.25) is 0 Å². The largest absolute Gasteiger partial charge is 0.497 e. The zero-order chi connectivity index (χ0) is 12.8. The number of amides is 1. The van der Waals surface area contributed by atoms with Gasteiger partial charge in [-0.25, -0.2) is 0 Å². The number of hydrogen-bond donors (Lipinski definition) is 2. The molecule has 0 aliphatic heterocycles. The van der Waals surface area contributed by atoms with Crippen LogP contribution in [-0.4, -0.2) is 32.7 Å². The van der Waals surface area contributed by atoms with Crippen LogP contribution in [-0.2, 0) is 0 Å². The Morgan fingerprint density at radius 1 is 1.53 bits per heavy atom. The van der Waals surface area contributed by atoms with Crippen molar-refractivity contribution in [2.75, 3.05) is 20.7 Å². The highest BCUT2D eigenvalue weighted by atomic mass is 79.9. The minimum atomic E-state index is -0.113. The zero-order valence-electron chi connectivity index (χ0n) is 10.2. The van der Waals surface area contributed by atoms with Gasteiger partial charge in [0, 0.05) is 17.1 Å². The van der Waals surface area contributed by atoms with Crippen molar-refractivity contribution in [2.24, 2.45) is 0 Å². The molecule has 2 N–H and O–H groups in total. The third kappa shape index (κ3) is 4.02. The van der Waals surface area contributed by atoms with E-state index in [1.807, 2.05) is 14.0 Å². The average Bonchev–Trinajstić information content (AvgIpc) is 2.36. The molecule has 0 spiro atoms. The first-order valence-electron chi connectivity index (χ1n) is 5.37. The predicted octanol–water partition coefficient (Wildman–Crippen LogP) is 1.80. The maximum Gasteiger partial charge on any atom is 0.252 e. The smallest absolute Gasteiger partial charge is 0.252 e. The van der Waals surface area contributed by atoms with Crippen LogP contribution in [0.15, 0.2) is 22.7 Å². The van der Waals surface area contributed by atoms with E-state index in [0.29, 0.717) is 17.9 Å². The van der Waals surface area contributed by atoms with E-state index in [1.165, 1.54) is 0 Å². The molecule has 0 heterocycles. The number of benzene rings is 1. The molecule has 1 aromatic carbocycles. The second-order valence-corrected chi connectivity index (χ2v) is 4.60. The molecule has 5 heteroatoms. The summed E-state index contributed by atoms with van der Waals surface area (Å²) in [5, 5.41) is 5.91. The molecular weight excluding hydrogens is 284 g/mol. The number of methoxy groups -OCH3 is 1. The molecule has 1 amide bonds. The van der Waals surface area contributed by atoms with Crippen LogP contribution in [0.1, 0.15) is 17.3 Å². The van der Waals surface area contributed by atoms with Crippen LogP contribution in [0.3, 0.4) is 0 Å². The van der Waals surface area contributed by atoms with Crippen molar-refractivity contribution in [1.82, 2.24) is 10.6 Å². The first-order valence-corrected chi connectivity index (χ1v) is 6.16.